The molecule has 2 aromatic rings. The van der Waals surface area contributed by atoms with E-state index in [0.29, 0.717) is 36.4 Å². The summed E-state index contributed by atoms with van der Waals surface area (Å²) in [5.74, 6) is 0.678. The molecule has 1 saturated heterocycles. The van der Waals surface area contributed by atoms with Crippen molar-refractivity contribution in [3.63, 3.8) is 0 Å². The van der Waals surface area contributed by atoms with E-state index in [1.54, 1.807) is 18.9 Å². The number of hydrogen-bond acceptors (Lipinski definition) is 5. The molecule has 0 aliphatic carbocycles. The number of hydrogen-bond donors (Lipinski definition) is 0. The predicted molar refractivity (Wildman–Crippen MR) is 86.5 cm³/mol. The number of rotatable bonds is 2. The van der Waals surface area contributed by atoms with Crippen LogP contribution in [0.2, 0.25) is 0 Å². The Morgan fingerprint density at radius 3 is 2.70 bits per heavy atom. The van der Waals surface area contributed by atoms with Crippen molar-refractivity contribution < 1.29 is 9.21 Å². The molecule has 1 fully saturated rings. The first-order chi connectivity index (χ1) is 10.8. The second-order valence-corrected chi connectivity index (χ2v) is 6.59. The highest BCUT2D eigenvalue weighted by atomic mass is 16.3. The molecule has 7 heteroatoms. The van der Waals surface area contributed by atoms with Gasteiger partial charge in [-0.25, -0.2) is 4.98 Å². The Bertz CT molecular complexity index is 821. The van der Waals surface area contributed by atoms with Crippen LogP contribution in [0.1, 0.15) is 23.0 Å². The molecule has 124 valence electrons. The van der Waals surface area contributed by atoms with E-state index in [0.717, 1.165) is 0 Å². The number of aromatic nitrogens is 2. The van der Waals surface area contributed by atoms with Gasteiger partial charge in [0.2, 0.25) is 5.71 Å². The van der Waals surface area contributed by atoms with E-state index >= 15 is 0 Å². The van der Waals surface area contributed by atoms with Gasteiger partial charge in [0, 0.05) is 26.2 Å². The molecule has 0 radical (unpaired) electrons. The van der Waals surface area contributed by atoms with Crippen LogP contribution in [0.4, 0.5) is 0 Å². The van der Waals surface area contributed by atoms with Gasteiger partial charge in [-0.1, -0.05) is 6.92 Å². The Kier molecular flexibility index (Phi) is 3.75. The van der Waals surface area contributed by atoms with Crippen LogP contribution in [0.3, 0.4) is 0 Å². The zero-order valence-corrected chi connectivity index (χ0v) is 14.2. The van der Waals surface area contributed by atoms with Gasteiger partial charge >= 0.3 is 0 Å². The third-order valence-electron chi connectivity index (χ3n) is 4.69. The second kappa shape index (κ2) is 5.49. The average molecular weight is 318 g/mol. The molecule has 7 nitrogen and oxygen atoms in total. The van der Waals surface area contributed by atoms with Crippen LogP contribution in [0, 0.1) is 12.8 Å². The lowest BCUT2D eigenvalue weighted by atomic mass is 10.1. The van der Waals surface area contributed by atoms with Crippen molar-refractivity contribution in [2.45, 2.75) is 19.9 Å². The fourth-order valence-corrected chi connectivity index (χ4v) is 3.39. The van der Waals surface area contributed by atoms with Crippen LogP contribution in [0.15, 0.2) is 15.5 Å². The molecule has 0 aromatic carbocycles. The van der Waals surface area contributed by atoms with Crippen molar-refractivity contribution in [2.75, 3.05) is 27.2 Å². The molecule has 3 rings (SSSR count). The predicted octanol–water partition coefficient (Wildman–Crippen LogP) is 0.857. The molecule has 0 bridgehead atoms. The SMILES string of the molecule is Cc1oc2ncn(C)c(=O)c2c1C(=O)N1C[C@@H](C)[C@H](N(C)C)C1. The van der Waals surface area contributed by atoms with E-state index in [4.69, 9.17) is 4.42 Å². The third-order valence-corrected chi connectivity index (χ3v) is 4.69. The van der Waals surface area contributed by atoms with Crippen molar-refractivity contribution in [3.8, 4) is 0 Å². The van der Waals surface area contributed by atoms with Gasteiger partial charge in [-0.05, 0) is 26.9 Å². The number of amides is 1. The molecule has 23 heavy (non-hydrogen) atoms. The van der Waals surface area contributed by atoms with Crippen molar-refractivity contribution in [1.29, 1.82) is 0 Å². The Morgan fingerprint density at radius 2 is 2.09 bits per heavy atom. The molecule has 0 N–H and O–H groups in total. The summed E-state index contributed by atoms with van der Waals surface area (Å²) < 4.78 is 6.90. The molecular formula is C16H22N4O3. The molecule has 2 atom stereocenters. The molecular weight excluding hydrogens is 296 g/mol. The number of carbonyl (C=O) groups is 1. The Morgan fingerprint density at radius 1 is 1.39 bits per heavy atom. The highest BCUT2D eigenvalue weighted by Crippen LogP contribution is 2.26. The minimum atomic E-state index is -0.258. The summed E-state index contributed by atoms with van der Waals surface area (Å²) in [6, 6.07) is 0.318. The molecule has 0 spiro atoms. The minimum Gasteiger partial charge on any atom is -0.442 e. The van der Waals surface area contributed by atoms with Crippen LogP contribution in [0.25, 0.3) is 11.1 Å². The Labute approximate surface area is 134 Å². The molecule has 1 aliphatic heterocycles. The number of aryl methyl sites for hydroxylation is 2. The van der Waals surface area contributed by atoms with Gasteiger partial charge in [-0.2, -0.15) is 0 Å². The first kappa shape index (κ1) is 15.7. The van der Waals surface area contributed by atoms with E-state index < -0.39 is 0 Å². The van der Waals surface area contributed by atoms with Gasteiger partial charge in [0.15, 0.2) is 0 Å². The molecule has 1 amide bonds. The molecule has 0 saturated carbocycles. The molecule has 0 unspecified atom stereocenters. The van der Waals surface area contributed by atoms with E-state index in [-0.39, 0.29) is 22.6 Å². The van der Waals surface area contributed by atoms with Gasteiger partial charge in [0.25, 0.3) is 11.5 Å². The topological polar surface area (TPSA) is 71.6 Å². The lowest BCUT2D eigenvalue weighted by Gasteiger charge is -2.22. The quantitative estimate of drug-likeness (QED) is 0.821. The van der Waals surface area contributed by atoms with Crippen molar-refractivity contribution in [2.24, 2.45) is 13.0 Å². The fourth-order valence-electron chi connectivity index (χ4n) is 3.39. The Balaban J connectivity index is 2.04. The smallest absolute Gasteiger partial charge is 0.265 e. The van der Waals surface area contributed by atoms with E-state index in [1.807, 2.05) is 14.1 Å². The van der Waals surface area contributed by atoms with Crippen LogP contribution in [-0.2, 0) is 7.05 Å². The Hall–Kier alpha value is -2.15. The van der Waals surface area contributed by atoms with Gasteiger partial charge in [0.1, 0.15) is 17.5 Å². The summed E-state index contributed by atoms with van der Waals surface area (Å²) in [5.41, 5.74) is 0.317. The van der Waals surface area contributed by atoms with E-state index in [9.17, 15) is 9.59 Å². The largest absolute Gasteiger partial charge is 0.442 e. The number of carbonyl (C=O) groups excluding carboxylic acids is 1. The highest BCUT2D eigenvalue weighted by Gasteiger charge is 2.36. The zero-order valence-electron chi connectivity index (χ0n) is 14.2. The number of likely N-dealkylation sites (tertiary alicyclic amines) is 1. The number of fused-ring (bicyclic) bond motifs is 1. The summed E-state index contributed by atoms with van der Waals surface area (Å²) in [6.45, 7) is 5.17. The van der Waals surface area contributed by atoms with Crippen LogP contribution in [-0.4, -0.2) is 58.5 Å². The van der Waals surface area contributed by atoms with Crippen LogP contribution >= 0.6 is 0 Å². The summed E-state index contributed by atoms with van der Waals surface area (Å²) >= 11 is 0. The van der Waals surface area contributed by atoms with Gasteiger partial charge in [-0.3, -0.25) is 9.59 Å². The maximum absolute atomic E-state index is 13.0. The van der Waals surface area contributed by atoms with Crippen molar-refractivity contribution in [1.82, 2.24) is 19.4 Å². The highest BCUT2D eigenvalue weighted by molar-refractivity contribution is 6.06. The number of nitrogens with zero attached hydrogens (tertiary/aromatic N) is 4. The molecule has 1 aliphatic rings. The summed E-state index contributed by atoms with van der Waals surface area (Å²) in [7, 11) is 5.66. The minimum absolute atomic E-state index is 0.150. The third kappa shape index (κ3) is 2.45. The van der Waals surface area contributed by atoms with Gasteiger partial charge < -0.3 is 18.8 Å². The maximum Gasteiger partial charge on any atom is 0.265 e. The monoisotopic (exact) mass is 318 g/mol. The zero-order chi connectivity index (χ0) is 16.9. The lowest BCUT2D eigenvalue weighted by Crippen LogP contribution is -2.36. The van der Waals surface area contributed by atoms with E-state index in [2.05, 4.69) is 16.8 Å². The van der Waals surface area contributed by atoms with Crippen LogP contribution in [0.5, 0.6) is 0 Å². The normalized spacial score (nSPS) is 21.6. The maximum atomic E-state index is 13.0. The average Bonchev–Trinajstić information content (AvgIpc) is 3.03. The summed E-state index contributed by atoms with van der Waals surface area (Å²) in [5, 5.41) is 0.276. The number of furan rings is 1. The first-order valence-corrected chi connectivity index (χ1v) is 7.71. The fraction of sp³-hybridized carbons (Fsp3) is 0.562. The van der Waals surface area contributed by atoms with Gasteiger partial charge in [0.05, 0.1) is 5.56 Å². The van der Waals surface area contributed by atoms with E-state index in [1.165, 1.54) is 10.9 Å². The van der Waals surface area contributed by atoms with Crippen molar-refractivity contribution in [3.05, 3.63) is 28.0 Å². The number of likely N-dealkylation sites (N-methyl/N-ethyl adjacent to an activating group) is 1. The summed E-state index contributed by atoms with van der Waals surface area (Å²) in [6.07, 6.45) is 1.40. The van der Waals surface area contributed by atoms with Gasteiger partial charge in [-0.15, -0.1) is 0 Å². The second-order valence-electron chi connectivity index (χ2n) is 6.59. The summed E-state index contributed by atoms with van der Waals surface area (Å²) in [4.78, 5) is 33.4. The van der Waals surface area contributed by atoms with Crippen LogP contribution < -0.4 is 5.56 Å². The first-order valence-electron chi connectivity index (χ1n) is 7.71. The molecule has 2 aromatic heterocycles. The molecule has 3 heterocycles. The lowest BCUT2D eigenvalue weighted by molar-refractivity contribution is 0.0781. The standard InChI is InChI=1S/C16H22N4O3/c1-9-6-20(7-11(9)18(3)4)16(22)12-10(2)23-14-13(12)15(21)19(5)8-17-14/h8-9,11H,6-7H2,1-5H3/t9-,11-/m1/s1. The van der Waals surface area contributed by atoms with Crippen molar-refractivity contribution >= 4 is 17.0 Å².